The molecule has 2 aliphatic carbocycles. The number of hydrogen-bond acceptors (Lipinski definition) is 3. The molecule has 2 aliphatic rings. The molecule has 0 aliphatic heterocycles. The molecule has 0 bridgehead atoms. The molecule has 1 aromatic rings. The highest BCUT2D eigenvalue weighted by atomic mass is 16.3. The van der Waals surface area contributed by atoms with E-state index in [0.717, 1.165) is 68.6 Å². The van der Waals surface area contributed by atoms with Crippen LogP contribution in [0.5, 0.6) is 0 Å². The van der Waals surface area contributed by atoms with E-state index in [-0.39, 0.29) is 11.7 Å². The van der Waals surface area contributed by atoms with Crippen molar-refractivity contribution < 1.29 is 14.7 Å². The quantitative estimate of drug-likeness (QED) is 0.411. The summed E-state index contributed by atoms with van der Waals surface area (Å²) in [5.41, 5.74) is 3.28. The van der Waals surface area contributed by atoms with Gasteiger partial charge in [0.15, 0.2) is 5.78 Å². The van der Waals surface area contributed by atoms with Crippen molar-refractivity contribution in [3.63, 3.8) is 0 Å². The monoisotopic (exact) mass is 423 g/mol. The fraction of sp³-hybridized carbons (Fsp3) is 0.556. The molecule has 0 aromatic heterocycles. The molecule has 4 nitrogen and oxygen atoms in total. The normalized spacial score (nSPS) is 17.5. The van der Waals surface area contributed by atoms with Gasteiger partial charge in [-0.1, -0.05) is 55.3 Å². The van der Waals surface area contributed by atoms with E-state index in [9.17, 15) is 14.7 Å². The minimum Gasteiger partial charge on any atom is -0.389 e. The van der Waals surface area contributed by atoms with E-state index in [2.05, 4.69) is 17.4 Å². The molecule has 1 saturated carbocycles. The number of aliphatic hydroxyl groups is 1. The molecule has 0 saturated heterocycles. The van der Waals surface area contributed by atoms with Gasteiger partial charge in [0.25, 0.3) is 0 Å². The topological polar surface area (TPSA) is 66.4 Å². The van der Waals surface area contributed by atoms with Crippen LogP contribution in [0.4, 0.5) is 0 Å². The SMILES string of the molecule is O=C(CCCCCCC1=C(/C=C/C(O)CCc2ccccc2)CCC1=O)NCC1CC1. The highest BCUT2D eigenvalue weighted by Crippen LogP contribution is 2.29. The number of amides is 1. The molecular weight excluding hydrogens is 386 g/mol. The van der Waals surface area contributed by atoms with E-state index >= 15 is 0 Å². The second kappa shape index (κ2) is 12.6. The van der Waals surface area contributed by atoms with Crippen LogP contribution in [0.3, 0.4) is 0 Å². The number of Topliss-reactive ketones (excluding diaryl/α,β-unsaturated/α-hetero) is 1. The summed E-state index contributed by atoms with van der Waals surface area (Å²) in [6.45, 7) is 0.854. The Morgan fingerprint density at radius 1 is 1.06 bits per heavy atom. The average Bonchev–Trinajstić information content (AvgIpc) is 3.55. The Labute approximate surface area is 186 Å². The molecular formula is C27H37NO3. The maximum absolute atomic E-state index is 12.3. The standard InChI is InChI=1S/C27H37NO3/c29-24(17-14-21-8-4-3-5-9-21)18-15-23-16-19-26(30)25(23)10-6-1-2-7-11-27(31)28-20-22-12-13-22/h3-5,8-9,15,18,22,24,29H,1-2,6-7,10-14,16-17,19-20H2,(H,28,31)/b18-15+. The number of rotatable bonds is 14. The number of aliphatic hydroxyl groups excluding tert-OH is 1. The van der Waals surface area contributed by atoms with Gasteiger partial charge in [0.1, 0.15) is 0 Å². The lowest BCUT2D eigenvalue weighted by Gasteiger charge is -2.07. The molecule has 0 radical (unpaired) electrons. The van der Waals surface area contributed by atoms with E-state index < -0.39 is 6.10 Å². The second-order valence-electron chi connectivity index (χ2n) is 9.04. The summed E-state index contributed by atoms with van der Waals surface area (Å²) in [7, 11) is 0. The third-order valence-electron chi connectivity index (χ3n) is 6.30. The van der Waals surface area contributed by atoms with Gasteiger partial charge < -0.3 is 10.4 Å². The number of unbranched alkanes of at least 4 members (excludes halogenated alkanes) is 3. The van der Waals surface area contributed by atoms with Crippen LogP contribution >= 0.6 is 0 Å². The predicted octanol–water partition coefficient (Wildman–Crippen LogP) is 5.06. The van der Waals surface area contributed by atoms with Crippen molar-refractivity contribution in [1.29, 1.82) is 0 Å². The van der Waals surface area contributed by atoms with Crippen LogP contribution in [0.15, 0.2) is 53.6 Å². The molecule has 0 heterocycles. The lowest BCUT2D eigenvalue weighted by Crippen LogP contribution is -2.25. The van der Waals surface area contributed by atoms with Crippen LogP contribution in [0.25, 0.3) is 0 Å². The van der Waals surface area contributed by atoms with E-state index in [0.29, 0.717) is 19.3 Å². The number of carbonyl (C=O) groups excluding carboxylic acids is 2. The zero-order valence-corrected chi connectivity index (χ0v) is 18.7. The van der Waals surface area contributed by atoms with E-state index in [1.165, 1.54) is 18.4 Å². The van der Waals surface area contributed by atoms with E-state index in [1.54, 1.807) is 0 Å². The fourth-order valence-corrected chi connectivity index (χ4v) is 4.11. The number of allylic oxidation sites excluding steroid dienone is 3. The lowest BCUT2D eigenvalue weighted by molar-refractivity contribution is -0.121. The Morgan fingerprint density at radius 3 is 2.61 bits per heavy atom. The van der Waals surface area contributed by atoms with Crippen LogP contribution in [0.1, 0.15) is 76.2 Å². The van der Waals surface area contributed by atoms with Gasteiger partial charge in [0, 0.05) is 19.4 Å². The number of carbonyl (C=O) groups is 2. The Morgan fingerprint density at radius 2 is 1.84 bits per heavy atom. The molecule has 1 unspecified atom stereocenters. The van der Waals surface area contributed by atoms with Gasteiger partial charge in [-0.15, -0.1) is 0 Å². The van der Waals surface area contributed by atoms with Crippen molar-refractivity contribution in [3.8, 4) is 0 Å². The van der Waals surface area contributed by atoms with Gasteiger partial charge in [-0.25, -0.2) is 0 Å². The lowest BCUT2D eigenvalue weighted by atomic mass is 10.0. The van der Waals surface area contributed by atoms with Gasteiger partial charge in [-0.05, 0) is 74.0 Å². The summed E-state index contributed by atoms with van der Waals surface area (Å²) in [6.07, 6.45) is 14.2. The second-order valence-corrected chi connectivity index (χ2v) is 9.04. The first-order valence-electron chi connectivity index (χ1n) is 12.0. The average molecular weight is 424 g/mol. The molecule has 1 atom stereocenters. The highest BCUT2D eigenvalue weighted by Gasteiger charge is 2.22. The number of nitrogens with one attached hydrogen (secondary N) is 1. The smallest absolute Gasteiger partial charge is 0.220 e. The summed E-state index contributed by atoms with van der Waals surface area (Å²) in [4.78, 5) is 24.0. The van der Waals surface area contributed by atoms with Crippen molar-refractivity contribution >= 4 is 11.7 Å². The molecule has 1 amide bonds. The Hall–Kier alpha value is -2.20. The Balaban J connectivity index is 1.33. The molecule has 0 spiro atoms. The minimum atomic E-state index is -0.490. The molecule has 1 fully saturated rings. The van der Waals surface area contributed by atoms with Crippen molar-refractivity contribution in [3.05, 3.63) is 59.2 Å². The summed E-state index contributed by atoms with van der Waals surface area (Å²) in [5, 5.41) is 13.3. The number of ketones is 1. The fourth-order valence-electron chi connectivity index (χ4n) is 4.11. The third kappa shape index (κ3) is 8.82. The largest absolute Gasteiger partial charge is 0.389 e. The highest BCUT2D eigenvalue weighted by molar-refractivity contribution is 5.99. The maximum atomic E-state index is 12.3. The number of benzene rings is 1. The first kappa shape index (κ1) is 23.5. The zero-order chi connectivity index (χ0) is 21.9. The Kier molecular flexibility index (Phi) is 9.54. The summed E-state index contributed by atoms with van der Waals surface area (Å²) >= 11 is 0. The molecule has 3 rings (SSSR count). The predicted molar refractivity (Wildman–Crippen MR) is 125 cm³/mol. The molecule has 1 aromatic carbocycles. The van der Waals surface area contributed by atoms with Gasteiger partial charge in [0.05, 0.1) is 6.10 Å². The maximum Gasteiger partial charge on any atom is 0.220 e. The molecule has 2 N–H and O–H groups in total. The van der Waals surface area contributed by atoms with Gasteiger partial charge in [-0.2, -0.15) is 0 Å². The zero-order valence-electron chi connectivity index (χ0n) is 18.7. The van der Waals surface area contributed by atoms with Crippen LogP contribution in [0, 0.1) is 5.92 Å². The van der Waals surface area contributed by atoms with Crippen molar-refractivity contribution in [1.82, 2.24) is 5.32 Å². The summed E-state index contributed by atoms with van der Waals surface area (Å²) < 4.78 is 0. The summed E-state index contributed by atoms with van der Waals surface area (Å²) in [5.74, 6) is 1.17. The molecule has 168 valence electrons. The first-order valence-corrected chi connectivity index (χ1v) is 12.0. The van der Waals surface area contributed by atoms with Gasteiger partial charge >= 0.3 is 0 Å². The number of hydrogen-bond donors (Lipinski definition) is 2. The van der Waals surface area contributed by atoms with Crippen LogP contribution in [-0.4, -0.2) is 29.4 Å². The van der Waals surface area contributed by atoms with Crippen LogP contribution in [0.2, 0.25) is 0 Å². The first-order chi connectivity index (χ1) is 15.1. The van der Waals surface area contributed by atoms with Gasteiger partial charge in [0.2, 0.25) is 5.91 Å². The Bertz CT molecular complexity index is 777. The number of aryl methyl sites for hydroxylation is 1. The van der Waals surface area contributed by atoms with E-state index in [4.69, 9.17) is 0 Å². The van der Waals surface area contributed by atoms with E-state index in [1.807, 2.05) is 30.4 Å². The molecule has 31 heavy (non-hydrogen) atoms. The van der Waals surface area contributed by atoms with Crippen LogP contribution in [-0.2, 0) is 16.0 Å². The minimum absolute atomic E-state index is 0.179. The van der Waals surface area contributed by atoms with Crippen LogP contribution < -0.4 is 5.32 Å². The van der Waals surface area contributed by atoms with Gasteiger partial charge in [-0.3, -0.25) is 9.59 Å². The third-order valence-corrected chi connectivity index (χ3v) is 6.30. The molecule has 4 heteroatoms. The van der Waals surface area contributed by atoms with Crippen molar-refractivity contribution in [2.45, 2.75) is 83.2 Å². The summed E-state index contributed by atoms with van der Waals surface area (Å²) in [6, 6.07) is 10.2. The van der Waals surface area contributed by atoms with Crippen molar-refractivity contribution in [2.24, 2.45) is 5.92 Å². The van der Waals surface area contributed by atoms with Crippen molar-refractivity contribution in [2.75, 3.05) is 6.54 Å².